The van der Waals surface area contributed by atoms with E-state index < -0.39 is 12.1 Å². The fraction of sp³-hybridized carbons (Fsp3) is 0.750. The van der Waals surface area contributed by atoms with Gasteiger partial charge in [0.15, 0.2) is 0 Å². The van der Waals surface area contributed by atoms with Gasteiger partial charge in [-0.1, -0.05) is 0 Å². The first-order chi connectivity index (χ1) is 6.56. The summed E-state index contributed by atoms with van der Waals surface area (Å²) < 4.78 is 0. The van der Waals surface area contributed by atoms with Gasteiger partial charge in [0, 0.05) is 26.9 Å². The molecule has 3 N–H and O–H groups in total. The van der Waals surface area contributed by atoms with E-state index in [4.69, 9.17) is 0 Å². The molecule has 1 aliphatic heterocycles. The van der Waals surface area contributed by atoms with E-state index >= 15 is 0 Å². The number of nitrogens with zero attached hydrogens (tertiary/aromatic N) is 1. The third kappa shape index (κ3) is 2.21. The Morgan fingerprint density at radius 2 is 2.21 bits per heavy atom. The largest absolute Gasteiger partial charge is 0.392 e. The van der Waals surface area contributed by atoms with Crippen LogP contribution in [0.3, 0.4) is 0 Å². The zero-order chi connectivity index (χ0) is 10.7. The van der Waals surface area contributed by atoms with Crippen LogP contribution in [0.2, 0.25) is 0 Å². The van der Waals surface area contributed by atoms with Crippen LogP contribution in [0.4, 0.5) is 0 Å². The highest BCUT2D eigenvalue weighted by Crippen LogP contribution is 2.11. The maximum atomic E-state index is 11.4. The van der Waals surface area contributed by atoms with Gasteiger partial charge in [-0.2, -0.15) is 0 Å². The van der Waals surface area contributed by atoms with E-state index in [1.165, 1.54) is 19.0 Å². The summed E-state index contributed by atoms with van der Waals surface area (Å²) in [5.74, 6) is -0.503. The van der Waals surface area contributed by atoms with Crippen LogP contribution in [0.1, 0.15) is 13.3 Å². The van der Waals surface area contributed by atoms with Gasteiger partial charge in [-0.25, -0.2) is 5.43 Å². The molecule has 0 bridgehead atoms. The lowest BCUT2D eigenvalue weighted by Crippen LogP contribution is -2.61. The lowest BCUT2D eigenvalue weighted by atomic mass is 10.1. The lowest BCUT2D eigenvalue weighted by molar-refractivity contribution is -0.147. The molecule has 0 aromatic heterocycles. The molecular formula is C8H15N3O3. The van der Waals surface area contributed by atoms with Crippen LogP contribution < -0.4 is 10.7 Å². The maximum absolute atomic E-state index is 11.4. The number of hydrazine groups is 1. The first kappa shape index (κ1) is 10.9. The van der Waals surface area contributed by atoms with Crippen molar-refractivity contribution in [2.75, 3.05) is 13.6 Å². The van der Waals surface area contributed by atoms with Gasteiger partial charge in [0.2, 0.25) is 11.8 Å². The van der Waals surface area contributed by atoms with Gasteiger partial charge in [-0.05, 0) is 0 Å². The molecule has 6 heteroatoms. The Kier molecular flexibility index (Phi) is 3.43. The fourth-order valence-electron chi connectivity index (χ4n) is 1.48. The average Bonchev–Trinajstić information content (AvgIpc) is 2.16. The Balaban J connectivity index is 2.73. The Bertz CT molecular complexity index is 244. The molecule has 0 saturated carbocycles. The van der Waals surface area contributed by atoms with Gasteiger partial charge < -0.3 is 10.4 Å². The number of hydrogen-bond acceptors (Lipinski definition) is 4. The van der Waals surface area contributed by atoms with Crippen molar-refractivity contribution in [3.63, 3.8) is 0 Å². The summed E-state index contributed by atoms with van der Waals surface area (Å²) in [5.41, 5.74) is 2.71. The van der Waals surface area contributed by atoms with Gasteiger partial charge in [-0.3, -0.25) is 14.6 Å². The van der Waals surface area contributed by atoms with Crippen molar-refractivity contribution in [3.8, 4) is 0 Å². The van der Waals surface area contributed by atoms with Crippen LogP contribution in [0, 0.1) is 0 Å². The van der Waals surface area contributed by atoms with Gasteiger partial charge in [0.25, 0.3) is 0 Å². The smallest absolute Gasteiger partial charge is 0.244 e. The minimum Gasteiger partial charge on any atom is -0.392 e. The zero-order valence-electron chi connectivity index (χ0n) is 8.28. The Labute approximate surface area is 82.2 Å². The minimum atomic E-state index is -0.624. The van der Waals surface area contributed by atoms with Crippen molar-refractivity contribution in [1.29, 1.82) is 0 Å². The van der Waals surface area contributed by atoms with Crippen molar-refractivity contribution in [2.24, 2.45) is 0 Å². The van der Waals surface area contributed by atoms with Crippen LogP contribution in [0.15, 0.2) is 0 Å². The number of carbonyl (C=O) groups excluding carboxylic acids is 2. The van der Waals surface area contributed by atoms with Crippen LogP contribution >= 0.6 is 0 Å². The van der Waals surface area contributed by atoms with E-state index in [2.05, 4.69) is 10.7 Å². The number of aliphatic hydroxyl groups excluding tert-OH is 1. The van der Waals surface area contributed by atoms with Crippen molar-refractivity contribution in [2.45, 2.75) is 25.5 Å². The number of β-amino-alcohol motifs (C(OH)–C–C–N with tert-alkyl or cyclic N) is 1. The third-order valence-electron chi connectivity index (χ3n) is 2.19. The second kappa shape index (κ2) is 4.39. The molecule has 0 aromatic rings. The molecule has 0 unspecified atom stereocenters. The van der Waals surface area contributed by atoms with Gasteiger partial charge in [0.1, 0.15) is 6.04 Å². The van der Waals surface area contributed by atoms with Gasteiger partial charge >= 0.3 is 0 Å². The summed E-state index contributed by atoms with van der Waals surface area (Å²) in [7, 11) is 1.50. The summed E-state index contributed by atoms with van der Waals surface area (Å²) in [4.78, 5) is 22.5. The number of carbonyl (C=O) groups is 2. The number of amides is 2. The van der Waals surface area contributed by atoms with Crippen molar-refractivity contribution >= 4 is 11.8 Å². The maximum Gasteiger partial charge on any atom is 0.244 e. The van der Waals surface area contributed by atoms with E-state index in [1.807, 2.05) is 0 Å². The standard InChI is InChI=1S/C8H15N3O3/c1-5(12)11-7(8(14)9-2)3-6(13)4-10-11/h6-7,10,13H,3-4H2,1-2H3,(H,9,14)/t6-,7-/m1/s1. The van der Waals surface area contributed by atoms with E-state index in [0.29, 0.717) is 6.54 Å². The van der Waals surface area contributed by atoms with Crippen LogP contribution in [-0.2, 0) is 9.59 Å². The highest BCUT2D eigenvalue weighted by Gasteiger charge is 2.33. The molecule has 1 rings (SSSR count). The lowest BCUT2D eigenvalue weighted by Gasteiger charge is -2.36. The predicted octanol–water partition coefficient (Wildman–Crippen LogP) is -1.78. The molecule has 6 nitrogen and oxygen atoms in total. The molecule has 1 fully saturated rings. The number of nitrogens with one attached hydrogen (secondary N) is 2. The monoisotopic (exact) mass is 201 g/mol. The summed E-state index contributed by atoms with van der Waals surface area (Å²) in [5, 5.41) is 13.1. The number of aliphatic hydroxyl groups is 1. The summed E-state index contributed by atoms with van der Waals surface area (Å²) in [6.45, 7) is 1.67. The second-order valence-electron chi connectivity index (χ2n) is 3.27. The molecule has 1 aliphatic rings. The Morgan fingerprint density at radius 3 is 2.71 bits per heavy atom. The quantitative estimate of drug-likeness (QED) is 0.468. The number of hydrogen-bond donors (Lipinski definition) is 3. The Hall–Kier alpha value is -1.14. The van der Waals surface area contributed by atoms with Gasteiger partial charge in [0.05, 0.1) is 6.10 Å². The van der Waals surface area contributed by atoms with Crippen LogP contribution in [-0.4, -0.2) is 47.7 Å². The summed E-state index contributed by atoms with van der Waals surface area (Å²) in [6.07, 6.45) is -0.320. The fourth-order valence-corrected chi connectivity index (χ4v) is 1.48. The molecule has 80 valence electrons. The molecule has 0 radical (unpaired) electrons. The highest BCUT2D eigenvalue weighted by molar-refractivity contribution is 5.86. The molecule has 0 aromatic carbocycles. The third-order valence-corrected chi connectivity index (χ3v) is 2.19. The van der Waals surface area contributed by atoms with E-state index in [-0.39, 0.29) is 18.2 Å². The Morgan fingerprint density at radius 1 is 1.57 bits per heavy atom. The molecule has 14 heavy (non-hydrogen) atoms. The van der Waals surface area contributed by atoms with Crippen LogP contribution in [0.25, 0.3) is 0 Å². The summed E-state index contributed by atoms with van der Waals surface area (Å²) in [6, 6.07) is -0.624. The van der Waals surface area contributed by atoms with E-state index in [9.17, 15) is 14.7 Å². The second-order valence-corrected chi connectivity index (χ2v) is 3.27. The van der Waals surface area contributed by atoms with Crippen molar-refractivity contribution in [3.05, 3.63) is 0 Å². The molecule has 0 aliphatic carbocycles. The van der Waals surface area contributed by atoms with E-state index in [1.54, 1.807) is 0 Å². The highest BCUT2D eigenvalue weighted by atomic mass is 16.3. The van der Waals surface area contributed by atoms with Crippen LogP contribution in [0.5, 0.6) is 0 Å². The van der Waals surface area contributed by atoms with Crippen molar-refractivity contribution in [1.82, 2.24) is 15.8 Å². The molecule has 0 spiro atoms. The molecular weight excluding hydrogens is 186 g/mol. The van der Waals surface area contributed by atoms with Crippen molar-refractivity contribution < 1.29 is 14.7 Å². The number of likely N-dealkylation sites (N-methyl/N-ethyl adjacent to an activating group) is 1. The number of rotatable bonds is 1. The first-order valence-corrected chi connectivity index (χ1v) is 4.49. The van der Waals surface area contributed by atoms with E-state index in [0.717, 1.165) is 0 Å². The topological polar surface area (TPSA) is 81.7 Å². The average molecular weight is 201 g/mol. The summed E-state index contributed by atoms with van der Waals surface area (Å²) >= 11 is 0. The minimum absolute atomic E-state index is 0.231. The SMILES string of the molecule is CNC(=O)[C@H]1C[C@@H](O)CNN1C(C)=O. The molecule has 2 amide bonds. The predicted molar refractivity (Wildman–Crippen MR) is 49.0 cm³/mol. The molecule has 1 saturated heterocycles. The first-order valence-electron chi connectivity index (χ1n) is 4.49. The van der Waals surface area contributed by atoms with Gasteiger partial charge in [-0.15, -0.1) is 0 Å². The normalized spacial score (nSPS) is 27.2. The molecule has 1 heterocycles. The zero-order valence-corrected chi connectivity index (χ0v) is 8.28. The molecule has 2 atom stereocenters.